The standard InChI is InChI=1S/C8H5F4/c1-4-2-5(8(11)12)7(10)3-6(4)9/h2,8H,1H3. The Morgan fingerprint density at radius 1 is 1.25 bits per heavy atom. The monoisotopic (exact) mass is 177 g/mol. The molecule has 12 heavy (non-hydrogen) atoms. The summed E-state index contributed by atoms with van der Waals surface area (Å²) < 4.78 is 48.9. The Balaban J connectivity index is 3.23. The highest BCUT2D eigenvalue weighted by molar-refractivity contribution is 5.25. The van der Waals surface area contributed by atoms with E-state index in [1.807, 2.05) is 0 Å². The molecule has 0 saturated carbocycles. The van der Waals surface area contributed by atoms with Gasteiger partial charge in [0.15, 0.2) is 0 Å². The lowest BCUT2D eigenvalue weighted by Crippen LogP contribution is -1.95. The van der Waals surface area contributed by atoms with E-state index in [1.165, 1.54) is 6.92 Å². The topological polar surface area (TPSA) is 0 Å². The van der Waals surface area contributed by atoms with E-state index in [2.05, 4.69) is 0 Å². The lowest BCUT2D eigenvalue weighted by Gasteiger charge is -2.02. The Labute approximate surface area is 66.8 Å². The van der Waals surface area contributed by atoms with Crippen molar-refractivity contribution in [2.75, 3.05) is 0 Å². The molecule has 0 N–H and O–H groups in total. The second-order valence-electron chi connectivity index (χ2n) is 2.34. The van der Waals surface area contributed by atoms with Gasteiger partial charge in [-0.2, -0.15) is 0 Å². The third-order valence-electron chi connectivity index (χ3n) is 1.43. The van der Waals surface area contributed by atoms with Crippen molar-refractivity contribution >= 4 is 0 Å². The van der Waals surface area contributed by atoms with Crippen LogP contribution in [0.2, 0.25) is 0 Å². The predicted octanol–water partition coefficient (Wildman–Crippen LogP) is 3.01. The molecule has 0 heterocycles. The molecule has 1 radical (unpaired) electrons. The highest BCUT2D eigenvalue weighted by atomic mass is 19.3. The van der Waals surface area contributed by atoms with Crippen molar-refractivity contribution in [3.63, 3.8) is 0 Å². The maximum Gasteiger partial charge on any atom is 0.266 e. The van der Waals surface area contributed by atoms with Crippen LogP contribution in [0.4, 0.5) is 17.6 Å². The van der Waals surface area contributed by atoms with Crippen LogP contribution in [0.5, 0.6) is 0 Å². The van der Waals surface area contributed by atoms with Crippen LogP contribution >= 0.6 is 0 Å². The first-order chi connectivity index (χ1) is 5.52. The van der Waals surface area contributed by atoms with Gasteiger partial charge in [-0.3, -0.25) is 0 Å². The zero-order valence-corrected chi connectivity index (χ0v) is 6.17. The molecular weight excluding hydrogens is 172 g/mol. The fourth-order valence-corrected chi connectivity index (χ4v) is 0.786. The van der Waals surface area contributed by atoms with Crippen molar-refractivity contribution in [3.8, 4) is 0 Å². The van der Waals surface area contributed by atoms with E-state index in [0.29, 0.717) is 0 Å². The first-order valence-corrected chi connectivity index (χ1v) is 3.18. The normalized spacial score (nSPS) is 10.8. The van der Waals surface area contributed by atoms with E-state index in [4.69, 9.17) is 0 Å². The smallest absolute Gasteiger partial charge is 0.206 e. The Bertz CT molecular complexity index is 293. The summed E-state index contributed by atoms with van der Waals surface area (Å²) in [7, 11) is 0. The minimum Gasteiger partial charge on any atom is -0.206 e. The second kappa shape index (κ2) is 3.13. The molecule has 1 aromatic rings. The largest absolute Gasteiger partial charge is 0.266 e. The van der Waals surface area contributed by atoms with Crippen molar-refractivity contribution in [1.82, 2.24) is 0 Å². The lowest BCUT2D eigenvalue weighted by molar-refractivity contribution is 0.146. The summed E-state index contributed by atoms with van der Waals surface area (Å²) in [6.07, 6.45) is -2.93. The quantitative estimate of drug-likeness (QED) is 0.578. The molecular formula is C8H5F4. The summed E-state index contributed by atoms with van der Waals surface area (Å²) in [6.45, 7) is 1.27. The summed E-state index contributed by atoms with van der Waals surface area (Å²) in [5, 5.41) is 0. The van der Waals surface area contributed by atoms with Crippen LogP contribution in [-0.4, -0.2) is 0 Å². The molecule has 0 saturated heterocycles. The van der Waals surface area contributed by atoms with Crippen LogP contribution in [0.25, 0.3) is 0 Å². The van der Waals surface area contributed by atoms with Gasteiger partial charge in [-0.25, -0.2) is 17.6 Å². The summed E-state index contributed by atoms with van der Waals surface area (Å²) in [5.74, 6) is -2.26. The Morgan fingerprint density at radius 3 is 2.33 bits per heavy atom. The Morgan fingerprint density at radius 2 is 1.83 bits per heavy atom. The van der Waals surface area contributed by atoms with Crippen molar-refractivity contribution in [2.24, 2.45) is 0 Å². The Kier molecular flexibility index (Phi) is 2.35. The molecule has 0 aliphatic rings. The van der Waals surface area contributed by atoms with Gasteiger partial charge >= 0.3 is 0 Å². The molecule has 0 unspecified atom stereocenters. The van der Waals surface area contributed by atoms with Crippen LogP contribution in [0.15, 0.2) is 6.07 Å². The molecule has 1 aromatic carbocycles. The zero-order chi connectivity index (χ0) is 9.30. The van der Waals surface area contributed by atoms with E-state index in [9.17, 15) is 17.6 Å². The summed E-state index contributed by atoms with van der Waals surface area (Å²) >= 11 is 0. The van der Waals surface area contributed by atoms with E-state index in [1.54, 1.807) is 6.07 Å². The van der Waals surface area contributed by atoms with E-state index in [-0.39, 0.29) is 5.56 Å². The van der Waals surface area contributed by atoms with Gasteiger partial charge < -0.3 is 0 Å². The molecule has 0 spiro atoms. The summed E-state index contributed by atoms with van der Waals surface area (Å²) in [6, 6.07) is 2.36. The molecule has 0 aromatic heterocycles. The summed E-state index contributed by atoms with van der Waals surface area (Å²) in [5.41, 5.74) is -0.847. The van der Waals surface area contributed by atoms with Crippen molar-refractivity contribution in [2.45, 2.75) is 13.3 Å². The van der Waals surface area contributed by atoms with Gasteiger partial charge in [0.2, 0.25) is 0 Å². The van der Waals surface area contributed by atoms with Crippen molar-refractivity contribution in [1.29, 1.82) is 0 Å². The molecule has 0 nitrogen and oxygen atoms in total. The maximum absolute atomic E-state index is 12.5. The van der Waals surface area contributed by atoms with E-state index < -0.39 is 23.6 Å². The molecule has 0 fully saturated rings. The van der Waals surface area contributed by atoms with Gasteiger partial charge in [0, 0.05) is 0 Å². The molecule has 1 rings (SSSR count). The highest BCUT2D eigenvalue weighted by Gasteiger charge is 2.15. The van der Waals surface area contributed by atoms with Crippen LogP contribution in [0, 0.1) is 24.6 Å². The number of alkyl halides is 2. The predicted molar refractivity (Wildman–Crippen MR) is 34.9 cm³/mol. The zero-order valence-electron chi connectivity index (χ0n) is 6.17. The van der Waals surface area contributed by atoms with Crippen LogP contribution in [-0.2, 0) is 0 Å². The van der Waals surface area contributed by atoms with Gasteiger partial charge in [0.1, 0.15) is 11.6 Å². The van der Waals surface area contributed by atoms with Crippen LogP contribution in [0.3, 0.4) is 0 Å². The van der Waals surface area contributed by atoms with Gasteiger partial charge in [-0.05, 0) is 18.6 Å². The first kappa shape index (κ1) is 9.03. The number of rotatable bonds is 1. The van der Waals surface area contributed by atoms with Gasteiger partial charge in [-0.15, -0.1) is 0 Å². The number of halogens is 4. The third kappa shape index (κ3) is 1.57. The van der Waals surface area contributed by atoms with Crippen molar-refractivity contribution in [3.05, 3.63) is 34.9 Å². The molecule has 0 atom stereocenters. The SMILES string of the molecule is Cc1cc(C(F)F)c(F)[c]c1F. The van der Waals surface area contributed by atoms with Gasteiger partial charge in [0.25, 0.3) is 6.43 Å². The molecule has 0 aliphatic heterocycles. The minimum atomic E-state index is -2.93. The average Bonchev–Trinajstić information content (AvgIpc) is 1.96. The highest BCUT2D eigenvalue weighted by Crippen LogP contribution is 2.23. The third-order valence-corrected chi connectivity index (χ3v) is 1.43. The van der Waals surface area contributed by atoms with Gasteiger partial charge in [-0.1, -0.05) is 0 Å². The van der Waals surface area contributed by atoms with Crippen molar-refractivity contribution < 1.29 is 17.6 Å². The van der Waals surface area contributed by atoms with Gasteiger partial charge in [0.05, 0.1) is 11.6 Å². The molecule has 4 heteroatoms. The second-order valence-corrected chi connectivity index (χ2v) is 2.34. The maximum atomic E-state index is 12.5. The molecule has 0 bridgehead atoms. The number of aryl methyl sites for hydroxylation is 1. The summed E-state index contributed by atoms with van der Waals surface area (Å²) in [4.78, 5) is 0. The molecule has 0 amide bonds. The number of hydrogen-bond donors (Lipinski definition) is 0. The number of benzene rings is 1. The van der Waals surface area contributed by atoms with E-state index in [0.717, 1.165) is 6.07 Å². The Hall–Kier alpha value is -1.06. The molecule has 0 aliphatic carbocycles. The van der Waals surface area contributed by atoms with E-state index >= 15 is 0 Å². The lowest BCUT2D eigenvalue weighted by atomic mass is 10.1. The fourth-order valence-electron chi connectivity index (χ4n) is 0.786. The molecule has 65 valence electrons. The number of hydrogen-bond acceptors (Lipinski definition) is 0. The van der Waals surface area contributed by atoms with Crippen LogP contribution in [0.1, 0.15) is 17.6 Å². The van der Waals surface area contributed by atoms with Crippen LogP contribution < -0.4 is 0 Å². The minimum absolute atomic E-state index is 0.0355. The average molecular weight is 177 g/mol. The first-order valence-electron chi connectivity index (χ1n) is 3.18. The fraction of sp³-hybridized carbons (Fsp3) is 0.250.